The van der Waals surface area contributed by atoms with E-state index in [1.807, 2.05) is 29.2 Å². The number of hydrogen-bond acceptors (Lipinski definition) is 5. The van der Waals surface area contributed by atoms with E-state index < -0.39 is 0 Å². The average Bonchev–Trinajstić information content (AvgIpc) is 2.50. The number of hydrogen-bond donors (Lipinski definition) is 0. The molecule has 0 unspecified atom stereocenters. The molecular formula is C10H18N4O. The van der Waals surface area contributed by atoms with Gasteiger partial charge in [-0.1, -0.05) is 0 Å². The summed E-state index contributed by atoms with van der Waals surface area (Å²) >= 11 is 0. The van der Waals surface area contributed by atoms with E-state index in [1.54, 1.807) is 0 Å². The van der Waals surface area contributed by atoms with Crippen LogP contribution < -0.4 is 0 Å². The highest BCUT2D eigenvalue weighted by Crippen LogP contribution is 2.17. The van der Waals surface area contributed by atoms with Gasteiger partial charge in [-0.05, 0) is 32.2 Å². The lowest BCUT2D eigenvalue weighted by Crippen LogP contribution is -2.24. The van der Waals surface area contributed by atoms with Gasteiger partial charge in [-0.25, -0.2) is 0 Å². The Labute approximate surface area is 90.6 Å². The highest BCUT2D eigenvalue weighted by atomic mass is 16.2. The maximum atomic E-state index is 10.2. The number of nitrogens with zero attached hydrogens (tertiary/aromatic N) is 4. The summed E-state index contributed by atoms with van der Waals surface area (Å²) in [7, 11) is 6.00. The molecule has 0 aromatic heterocycles. The van der Waals surface area contributed by atoms with Crippen molar-refractivity contribution in [2.45, 2.75) is 6.42 Å². The molecule has 1 aliphatic rings. The first-order chi connectivity index (χ1) is 7.15. The Morgan fingerprint density at radius 2 is 2.20 bits per heavy atom. The molecule has 0 saturated heterocycles. The summed E-state index contributed by atoms with van der Waals surface area (Å²) in [6.45, 7) is 1.94. The zero-order valence-corrected chi connectivity index (χ0v) is 9.55. The molecule has 1 aliphatic heterocycles. The van der Waals surface area contributed by atoms with Crippen LogP contribution in [0.3, 0.4) is 0 Å². The largest absolute Gasteiger partial charge is 0.335 e. The van der Waals surface area contributed by atoms with Crippen molar-refractivity contribution in [2.75, 3.05) is 34.2 Å². The lowest BCUT2D eigenvalue weighted by atomic mass is 10.4. The van der Waals surface area contributed by atoms with E-state index in [0.29, 0.717) is 0 Å². The van der Waals surface area contributed by atoms with Gasteiger partial charge in [0.25, 0.3) is 0 Å². The first-order valence-corrected chi connectivity index (χ1v) is 5.00. The van der Waals surface area contributed by atoms with Gasteiger partial charge in [-0.15, -0.1) is 4.91 Å². The topological polar surface area (TPSA) is 39.1 Å². The zero-order chi connectivity index (χ0) is 11.3. The van der Waals surface area contributed by atoms with E-state index in [0.717, 1.165) is 25.3 Å². The van der Waals surface area contributed by atoms with Crippen LogP contribution in [-0.2, 0) is 0 Å². The fourth-order valence-electron chi connectivity index (χ4n) is 1.49. The maximum Gasteiger partial charge on any atom is 0.134 e. The third kappa shape index (κ3) is 3.36. The average molecular weight is 210 g/mol. The van der Waals surface area contributed by atoms with Gasteiger partial charge in [-0.2, -0.15) is 0 Å². The predicted molar refractivity (Wildman–Crippen MR) is 60.7 cm³/mol. The van der Waals surface area contributed by atoms with E-state index >= 15 is 0 Å². The molecule has 0 aromatic carbocycles. The molecule has 0 N–H and O–H groups in total. The molecule has 1 heterocycles. The third-order valence-electron chi connectivity index (χ3n) is 2.30. The van der Waals surface area contributed by atoms with Crippen LogP contribution in [0.1, 0.15) is 6.42 Å². The molecule has 0 spiro atoms. The summed E-state index contributed by atoms with van der Waals surface area (Å²) < 4.78 is 0. The van der Waals surface area contributed by atoms with Crippen molar-refractivity contribution in [2.24, 2.45) is 5.18 Å². The molecule has 0 saturated carbocycles. The fraction of sp³-hybridized carbons (Fsp3) is 0.600. The maximum absolute atomic E-state index is 10.2. The fourth-order valence-corrected chi connectivity index (χ4v) is 1.49. The van der Waals surface area contributed by atoms with Crippen molar-refractivity contribution in [1.29, 1.82) is 0 Å². The molecule has 0 aliphatic carbocycles. The standard InChI is InChI=1S/C10H18N4O/c1-12(2)5-4-6-14-8-7-13(3)10(14)9-11-15/h7-9H,4-6H2,1-3H3/b10-9-. The Morgan fingerprint density at radius 1 is 1.47 bits per heavy atom. The highest BCUT2D eigenvalue weighted by Gasteiger charge is 2.15. The third-order valence-corrected chi connectivity index (χ3v) is 2.30. The van der Waals surface area contributed by atoms with Crippen molar-refractivity contribution >= 4 is 0 Å². The van der Waals surface area contributed by atoms with Crippen LogP contribution in [0, 0.1) is 4.91 Å². The molecule has 84 valence electrons. The summed E-state index contributed by atoms with van der Waals surface area (Å²) in [5.41, 5.74) is 0. The van der Waals surface area contributed by atoms with Crippen molar-refractivity contribution in [1.82, 2.24) is 14.7 Å². The summed E-state index contributed by atoms with van der Waals surface area (Å²) in [5, 5.41) is 2.82. The van der Waals surface area contributed by atoms with Crippen LogP contribution in [0.25, 0.3) is 0 Å². The van der Waals surface area contributed by atoms with Gasteiger partial charge in [0.2, 0.25) is 0 Å². The Morgan fingerprint density at radius 3 is 2.80 bits per heavy atom. The van der Waals surface area contributed by atoms with Crippen LogP contribution in [0.15, 0.2) is 29.6 Å². The molecule has 0 atom stereocenters. The van der Waals surface area contributed by atoms with Crippen LogP contribution in [0.4, 0.5) is 0 Å². The van der Waals surface area contributed by atoms with Crippen molar-refractivity contribution < 1.29 is 0 Å². The molecule has 15 heavy (non-hydrogen) atoms. The summed E-state index contributed by atoms with van der Waals surface area (Å²) in [6, 6.07) is 0. The second-order valence-electron chi connectivity index (χ2n) is 3.85. The highest BCUT2D eigenvalue weighted by molar-refractivity contribution is 5.12. The molecule has 5 heteroatoms. The summed E-state index contributed by atoms with van der Waals surface area (Å²) in [6.07, 6.45) is 6.29. The Bertz CT molecular complexity index is 273. The smallest absolute Gasteiger partial charge is 0.134 e. The number of rotatable bonds is 5. The van der Waals surface area contributed by atoms with Crippen molar-refractivity contribution in [3.8, 4) is 0 Å². The monoisotopic (exact) mass is 210 g/mol. The normalized spacial score (nSPS) is 18.3. The summed E-state index contributed by atoms with van der Waals surface area (Å²) in [4.78, 5) is 16.3. The van der Waals surface area contributed by atoms with Crippen LogP contribution >= 0.6 is 0 Å². The molecule has 0 radical (unpaired) electrons. The predicted octanol–water partition coefficient (Wildman–Crippen LogP) is 1.22. The first kappa shape index (κ1) is 11.7. The van der Waals surface area contributed by atoms with Gasteiger partial charge in [0, 0.05) is 26.0 Å². The van der Waals surface area contributed by atoms with Crippen molar-refractivity contribution in [3.05, 3.63) is 29.3 Å². The molecule has 0 bridgehead atoms. The van der Waals surface area contributed by atoms with E-state index in [1.165, 1.54) is 6.20 Å². The van der Waals surface area contributed by atoms with Crippen LogP contribution in [0.2, 0.25) is 0 Å². The molecule has 1 rings (SSSR count). The molecular weight excluding hydrogens is 192 g/mol. The quantitative estimate of drug-likeness (QED) is 0.640. The van der Waals surface area contributed by atoms with Crippen LogP contribution in [0.5, 0.6) is 0 Å². The van der Waals surface area contributed by atoms with Gasteiger partial charge in [0.05, 0.1) is 0 Å². The van der Waals surface area contributed by atoms with E-state index in [4.69, 9.17) is 0 Å². The summed E-state index contributed by atoms with van der Waals surface area (Å²) in [5.74, 6) is 0.837. The Hall–Kier alpha value is -1.36. The molecule has 0 aromatic rings. The van der Waals surface area contributed by atoms with Gasteiger partial charge in [-0.3, -0.25) is 0 Å². The van der Waals surface area contributed by atoms with E-state index in [-0.39, 0.29) is 0 Å². The lowest BCUT2D eigenvalue weighted by molar-refractivity contribution is 0.340. The minimum Gasteiger partial charge on any atom is -0.335 e. The Kier molecular flexibility index (Phi) is 4.30. The van der Waals surface area contributed by atoms with Crippen LogP contribution in [-0.4, -0.2) is 48.9 Å². The minimum absolute atomic E-state index is 0.837. The first-order valence-electron chi connectivity index (χ1n) is 5.00. The molecule has 5 nitrogen and oxygen atoms in total. The van der Waals surface area contributed by atoms with Gasteiger partial charge in [0.15, 0.2) is 0 Å². The Balaban J connectivity index is 2.44. The number of nitroso groups, excluding NO2 is 1. The van der Waals surface area contributed by atoms with Gasteiger partial charge < -0.3 is 14.7 Å². The van der Waals surface area contributed by atoms with Gasteiger partial charge >= 0.3 is 0 Å². The molecule has 0 amide bonds. The van der Waals surface area contributed by atoms with E-state index in [2.05, 4.69) is 24.2 Å². The lowest BCUT2D eigenvalue weighted by Gasteiger charge is -2.21. The van der Waals surface area contributed by atoms with Gasteiger partial charge in [0.1, 0.15) is 12.0 Å². The molecule has 0 fully saturated rings. The minimum atomic E-state index is 0.837. The zero-order valence-electron chi connectivity index (χ0n) is 9.55. The van der Waals surface area contributed by atoms with Crippen molar-refractivity contribution in [3.63, 3.8) is 0 Å². The van der Waals surface area contributed by atoms with E-state index in [9.17, 15) is 4.91 Å². The second kappa shape index (κ2) is 5.50. The SMILES string of the molecule is CN(C)CCCN1C=CN(C)/C1=C/N=O. The second-order valence-corrected chi connectivity index (χ2v) is 3.85.